The second-order valence-corrected chi connectivity index (χ2v) is 4.72. The highest BCUT2D eigenvalue weighted by Crippen LogP contribution is 2.03. The molecule has 3 amide bonds. The van der Waals surface area contributed by atoms with E-state index in [4.69, 9.17) is 10.8 Å². The van der Waals surface area contributed by atoms with E-state index >= 15 is 0 Å². The van der Waals surface area contributed by atoms with E-state index in [1.165, 1.54) is 11.9 Å². The third-order valence-electron chi connectivity index (χ3n) is 2.80. The van der Waals surface area contributed by atoms with E-state index in [1.807, 2.05) is 0 Å². The number of carbonyl (C=O) groups excluding carboxylic acids is 2. The van der Waals surface area contributed by atoms with Gasteiger partial charge in [0.2, 0.25) is 5.91 Å². The van der Waals surface area contributed by atoms with Crippen LogP contribution in [0.2, 0.25) is 0 Å². The molecule has 21 heavy (non-hydrogen) atoms. The van der Waals surface area contributed by atoms with Crippen molar-refractivity contribution in [2.75, 3.05) is 7.05 Å². The van der Waals surface area contributed by atoms with Crippen LogP contribution in [0.25, 0.3) is 0 Å². The highest BCUT2D eigenvalue weighted by atomic mass is 16.4. The minimum absolute atomic E-state index is 0.0445. The number of amides is 3. The Morgan fingerprint density at radius 1 is 1.52 bits per heavy atom. The van der Waals surface area contributed by atoms with Crippen molar-refractivity contribution in [2.24, 2.45) is 12.8 Å². The molecule has 1 heterocycles. The van der Waals surface area contributed by atoms with Crippen LogP contribution in [0.3, 0.4) is 0 Å². The standard InChI is InChI=1S/C12H19N5O4/c1-16(6-8-5-14-17(2)7-8)12(21)15-9(11(19)20)3-4-10(13)18/h5,7,9H,3-4,6H2,1-2H3,(H2,13,18)(H,15,21)(H,19,20). The second kappa shape index (κ2) is 7.27. The van der Waals surface area contributed by atoms with Crippen molar-refractivity contribution in [3.63, 3.8) is 0 Å². The Morgan fingerprint density at radius 3 is 2.67 bits per heavy atom. The Morgan fingerprint density at radius 2 is 2.19 bits per heavy atom. The van der Waals surface area contributed by atoms with Gasteiger partial charge in [-0.15, -0.1) is 0 Å². The highest BCUT2D eigenvalue weighted by Gasteiger charge is 2.22. The van der Waals surface area contributed by atoms with E-state index in [0.717, 1.165) is 5.56 Å². The smallest absolute Gasteiger partial charge is 0.326 e. The number of nitrogens with one attached hydrogen (secondary N) is 1. The first-order valence-corrected chi connectivity index (χ1v) is 6.30. The predicted octanol–water partition coefficient (Wildman–Crippen LogP) is -0.720. The van der Waals surface area contributed by atoms with E-state index in [9.17, 15) is 14.4 Å². The number of hydrogen-bond acceptors (Lipinski definition) is 4. The second-order valence-electron chi connectivity index (χ2n) is 4.72. The van der Waals surface area contributed by atoms with Crippen molar-refractivity contribution in [1.29, 1.82) is 0 Å². The maximum absolute atomic E-state index is 11.9. The van der Waals surface area contributed by atoms with Gasteiger partial charge in [0.25, 0.3) is 0 Å². The number of primary amides is 1. The molecule has 1 aromatic rings. The molecule has 0 aliphatic rings. The fourth-order valence-corrected chi connectivity index (χ4v) is 1.70. The molecule has 0 aromatic carbocycles. The lowest BCUT2D eigenvalue weighted by atomic mass is 10.1. The Kier molecular flexibility index (Phi) is 5.70. The van der Waals surface area contributed by atoms with Gasteiger partial charge < -0.3 is 21.1 Å². The van der Waals surface area contributed by atoms with Gasteiger partial charge in [-0.1, -0.05) is 0 Å². The van der Waals surface area contributed by atoms with Crippen LogP contribution < -0.4 is 11.1 Å². The Bertz CT molecular complexity index is 527. The van der Waals surface area contributed by atoms with Crippen molar-refractivity contribution in [2.45, 2.75) is 25.4 Å². The molecule has 0 spiro atoms. The monoisotopic (exact) mass is 297 g/mol. The molecule has 0 saturated carbocycles. The van der Waals surface area contributed by atoms with Gasteiger partial charge in [-0.2, -0.15) is 5.10 Å². The molecule has 1 atom stereocenters. The summed E-state index contributed by atoms with van der Waals surface area (Å²) in [4.78, 5) is 35.0. The third-order valence-corrected chi connectivity index (χ3v) is 2.80. The predicted molar refractivity (Wildman–Crippen MR) is 73.1 cm³/mol. The lowest BCUT2D eigenvalue weighted by Crippen LogP contribution is -2.46. The zero-order valence-electron chi connectivity index (χ0n) is 11.9. The van der Waals surface area contributed by atoms with Crippen LogP contribution in [0.5, 0.6) is 0 Å². The van der Waals surface area contributed by atoms with Crippen molar-refractivity contribution in [3.05, 3.63) is 18.0 Å². The molecule has 1 aromatic heterocycles. The summed E-state index contributed by atoms with van der Waals surface area (Å²) in [5.74, 6) is -1.82. The Labute approximate surface area is 121 Å². The number of carbonyl (C=O) groups is 3. The van der Waals surface area contributed by atoms with Crippen molar-refractivity contribution in [3.8, 4) is 0 Å². The molecule has 9 heteroatoms. The molecule has 1 rings (SSSR count). The van der Waals surface area contributed by atoms with Gasteiger partial charge in [0.05, 0.1) is 12.7 Å². The largest absolute Gasteiger partial charge is 0.480 e. The SMILES string of the molecule is CN(Cc1cnn(C)c1)C(=O)NC(CCC(N)=O)C(=O)O. The maximum Gasteiger partial charge on any atom is 0.326 e. The van der Waals surface area contributed by atoms with Crippen LogP contribution in [0.4, 0.5) is 4.79 Å². The maximum atomic E-state index is 11.9. The van der Waals surface area contributed by atoms with Crippen molar-refractivity contribution in [1.82, 2.24) is 20.0 Å². The molecule has 116 valence electrons. The molecule has 0 fully saturated rings. The molecule has 1 unspecified atom stereocenters. The molecule has 0 aliphatic heterocycles. The average molecular weight is 297 g/mol. The van der Waals surface area contributed by atoms with E-state index in [2.05, 4.69) is 10.4 Å². The van der Waals surface area contributed by atoms with Gasteiger partial charge in [0.1, 0.15) is 6.04 Å². The fraction of sp³-hybridized carbons (Fsp3) is 0.500. The summed E-state index contributed by atoms with van der Waals surface area (Å²) in [7, 11) is 3.29. The van der Waals surface area contributed by atoms with Gasteiger partial charge in [0.15, 0.2) is 0 Å². The number of aryl methyl sites for hydroxylation is 1. The van der Waals surface area contributed by atoms with E-state index in [1.54, 1.807) is 24.1 Å². The summed E-state index contributed by atoms with van der Waals surface area (Å²) in [5.41, 5.74) is 5.79. The van der Waals surface area contributed by atoms with Crippen LogP contribution in [-0.2, 0) is 23.2 Å². The summed E-state index contributed by atoms with van der Waals surface area (Å²) in [6.07, 6.45) is 3.22. The van der Waals surface area contributed by atoms with Crippen LogP contribution >= 0.6 is 0 Å². The zero-order valence-corrected chi connectivity index (χ0v) is 11.9. The van der Waals surface area contributed by atoms with Gasteiger partial charge in [-0.3, -0.25) is 9.48 Å². The minimum Gasteiger partial charge on any atom is -0.480 e. The molecule has 0 saturated heterocycles. The van der Waals surface area contributed by atoms with Gasteiger partial charge in [-0.05, 0) is 6.42 Å². The fourth-order valence-electron chi connectivity index (χ4n) is 1.70. The number of hydrogen-bond donors (Lipinski definition) is 3. The first kappa shape index (κ1) is 16.5. The normalized spacial score (nSPS) is 11.7. The first-order valence-electron chi connectivity index (χ1n) is 6.30. The number of rotatable bonds is 7. The lowest BCUT2D eigenvalue weighted by molar-refractivity contribution is -0.139. The summed E-state index contributed by atoms with van der Waals surface area (Å²) < 4.78 is 1.61. The first-order chi connectivity index (χ1) is 9.79. The summed E-state index contributed by atoms with van der Waals surface area (Å²) in [6.45, 7) is 0.293. The zero-order chi connectivity index (χ0) is 16.0. The molecule has 0 radical (unpaired) electrons. The molecule has 4 N–H and O–H groups in total. The number of carboxylic acids is 1. The van der Waals surface area contributed by atoms with Gasteiger partial charge >= 0.3 is 12.0 Å². The van der Waals surface area contributed by atoms with E-state index < -0.39 is 23.9 Å². The number of carboxylic acid groups (broad SMARTS) is 1. The third kappa shape index (κ3) is 5.51. The number of urea groups is 1. The number of nitrogens with zero attached hydrogens (tertiary/aromatic N) is 3. The molecule has 0 aliphatic carbocycles. The van der Waals surface area contributed by atoms with Gasteiger partial charge in [-0.25, -0.2) is 9.59 Å². The van der Waals surface area contributed by atoms with E-state index in [-0.39, 0.29) is 12.8 Å². The molecule has 9 nitrogen and oxygen atoms in total. The Hall–Kier alpha value is -2.58. The van der Waals surface area contributed by atoms with Crippen LogP contribution in [0, 0.1) is 0 Å². The molecule has 0 bridgehead atoms. The molecular formula is C12H19N5O4. The number of aliphatic carboxylic acids is 1. The van der Waals surface area contributed by atoms with Crippen molar-refractivity contribution >= 4 is 17.9 Å². The quantitative estimate of drug-likeness (QED) is 0.611. The summed E-state index contributed by atoms with van der Waals surface area (Å²) in [5, 5.41) is 15.3. The van der Waals surface area contributed by atoms with Crippen LogP contribution in [-0.4, -0.2) is 50.8 Å². The van der Waals surface area contributed by atoms with Crippen molar-refractivity contribution < 1.29 is 19.5 Å². The number of nitrogens with two attached hydrogens (primary N) is 1. The van der Waals surface area contributed by atoms with Crippen LogP contribution in [0.15, 0.2) is 12.4 Å². The number of aromatic nitrogens is 2. The topological polar surface area (TPSA) is 131 Å². The summed E-state index contributed by atoms with van der Waals surface area (Å²) >= 11 is 0. The highest BCUT2D eigenvalue weighted by molar-refractivity contribution is 5.83. The van der Waals surface area contributed by atoms with E-state index in [0.29, 0.717) is 6.54 Å². The van der Waals surface area contributed by atoms with Crippen LogP contribution in [0.1, 0.15) is 18.4 Å². The molecular weight excluding hydrogens is 278 g/mol. The average Bonchev–Trinajstić information content (AvgIpc) is 2.78. The van der Waals surface area contributed by atoms with Gasteiger partial charge in [0, 0.05) is 32.3 Å². The summed E-state index contributed by atoms with van der Waals surface area (Å²) in [6, 6.07) is -1.70. The minimum atomic E-state index is -1.21. The lowest BCUT2D eigenvalue weighted by Gasteiger charge is -2.20. The Balaban J connectivity index is 2.55.